The van der Waals surface area contributed by atoms with Crippen molar-refractivity contribution in [3.63, 3.8) is 0 Å². The highest BCUT2D eigenvalue weighted by Crippen LogP contribution is 2.23. The summed E-state index contributed by atoms with van der Waals surface area (Å²) in [5.74, 6) is -0.389. The number of hydrogen-bond acceptors (Lipinski definition) is 4. The number of benzene rings is 1. The zero-order valence-electron chi connectivity index (χ0n) is 10.8. The number of ether oxygens (including phenoxy) is 1. The summed E-state index contributed by atoms with van der Waals surface area (Å²) in [4.78, 5) is 11.9. The molecule has 0 bridgehead atoms. The molecule has 1 aliphatic rings. The SMILES string of the molecule is CC1(NC(=O)c2ccc(Cl)c(S(N)(=O)=O)c2)CCOC1. The molecule has 1 aromatic carbocycles. The van der Waals surface area contributed by atoms with Gasteiger partial charge in [-0.05, 0) is 31.5 Å². The normalized spacial score (nSPS) is 22.8. The predicted octanol–water partition coefficient (Wildman–Crippen LogP) is 0.896. The van der Waals surface area contributed by atoms with Gasteiger partial charge in [-0.3, -0.25) is 4.79 Å². The quantitative estimate of drug-likeness (QED) is 0.865. The van der Waals surface area contributed by atoms with Gasteiger partial charge in [0.05, 0.1) is 17.2 Å². The van der Waals surface area contributed by atoms with Crippen LogP contribution in [-0.4, -0.2) is 33.1 Å². The number of sulfonamides is 1. The van der Waals surface area contributed by atoms with Crippen LogP contribution < -0.4 is 10.5 Å². The summed E-state index contributed by atoms with van der Waals surface area (Å²) >= 11 is 5.77. The van der Waals surface area contributed by atoms with Crippen molar-refractivity contribution in [1.82, 2.24) is 5.32 Å². The number of nitrogens with one attached hydrogen (secondary N) is 1. The fourth-order valence-corrected chi connectivity index (χ4v) is 3.05. The molecule has 1 atom stereocenters. The highest BCUT2D eigenvalue weighted by Gasteiger charge is 2.31. The third kappa shape index (κ3) is 3.29. The van der Waals surface area contributed by atoms with Crippen LogP contribution in [0.25, 0.3) is 0 Å². The van der Waals surface area contributed by atoms with E-state index in [1.54, 1.807) is 0 Å². The summed E-state index contributed by atoms with van der Waals surface area (Å²) < 4.78 is 28.0. The molecule has 1 saturated heterocycles. The average molecular weight is 319 g/mol. The van der Waals surface area contributed by atoms with Gasteiger partial charge in [-0.1, -0.05) is 11.6 Å². The Hall–Kier alpha value is -1.15. The average Bonchev–Trinajstić information content (AvgIpc) is 2.74. The molecule has 1 heterocycles. The van der Waals surface area contributed by atoms with Gasteiger partial charge in [0, 0.05) is 12.2 Å². The molecule has 6 nitrogen and oxygen atoms in total. The fourth-order valence-electron chi connectivity index (χ4n) is 1.97. The molecule has 0 aromatic heterocycles. The second-order valence-electron chi connectivity index (χ2n) is 5.01. The summed E-state index contributed by atoms with van der Waals surface area (Å²) in [5, 5.41) is 7.86. The Morgan fingerprint density at radius 2 is 2.20 bits per heavy atom. The van der Waals surface area contributed by atoms with Crippen LogP contribution in [0.4, 0.5) is 0 Å². The Bertz CT molecular complexity index is 639. The maximum atomic E-state index is 12.2. The van der Waals surface area contributed by atoms with Gasteiger partial charge in [0.15, 0.2) is 0 Å². The van der Waals surface area contributed by atoms with Gasteiger partial charge in [-0.2, -0.15) is 0 Å². The number of halogens is 1. The first-order valence-corrected chi connectivity index (χ1v) is 7.86. The van der Waals surface area contributed by atoms with Crippen molar-refractivity contribution in [3.05, 3.63) is 28.8 Å². The van der Waals surface area contributed by atoms with E-state index in [0.29, 0.717) is 19.6 Å². The summed E-state index contributed by atoms with van der Waals surface area (Å²) in [6.45, 7) is 2.88. The zero-order valence-corrected chi connectivity index (χ0v) is 12.4. The molecule has 3 N–H and O–H groups in total. The number of carbonyl (C=O) groups excluding carboxylic acids is 1. The van der Waals surface area contributed by atoms with E-state index < -0.39 is 15.6 Å². The molecule has 110 valence electrons. The van der Waals surface area contributed by atoms with Gasteiger partial charge < -0.3 is 10.1 Å². The molecule has 20 heavy (non-hydrogen) atoms. The number of rotatable bonds is 3. The lowest BCUT2D eigenvalue weighted by Gasteiger charge is -2.23. The van der Waals surface area contributed by atoms with Crippen LogP contribution in [0.2, 0.25) is 5.02 Å². The minimum absolute atomic E-state index is 0.0144. The van der Waals surface area contributed by atoms with Crippen molar-refractivity contribution in [2.45, 2.75) is 23.8 Å². The number of hydrogen-bond donors (Lipinski definition) is 2. The largest absolute Gasteiger partial charge is 0.379 e. The Kier molecular flexibility index (Phi) is 4.06. The van der Waals surface area contributed by atoms with E-state index in [-0.39, 0.29) is 21.4 Å². The molecule has 0 aliphatic carbocycles. The predicted molar refractivity (Wildman–Crippen MR) is 74.1 cm³/mol. The van der Waals surface area contributed by atoms with Gasteiger partial charge in [0.25, 0.3) is 5.91 Å². The van der Waals surface area contributed by atoms with Gasteiger partial charge in [0.1, 0.15) is 4.90 Å². The summed E-state index contributed by atoms with van der Waals surface area (Å²) in [7, 11) is -3.97. The Balaban J connectivity index is 2.27. The lowest BCUT2D eigenvalue weighted by atomic mass is 10.0. The minimum Gasteiger partial charge on any atom is -0.379 e. The summed E-state index contributed by atoms with van der Waals surface area (Å²) in [6, 6.07) is 3.96. The molecule has 1 fully saturated rings. The Morgan fingerprint density at radius 3 is 2.75 bits per heavy atom. The van der Waals surface area contributed by atoms with Gasteiger partial charge in [-0.25, -0.2) is 13.6 Å². The topological polar surface area (TPSA) is 98.5 Å². The van der Waals surface area contributed by atoms with Crippen molar-refractivity contribution >= 4 is 27.5 Å². The first kappa shape index (κ1) is 15.2. The maximum absolute atomic E-state index is 12.2. The lowest BCUT2D eigenvalue weighted by Crippen LogP contribution is -2.46. The minimum atomic E-state index is -3.97. The smallest absolute Gasteiger partial charge is 0.251 e. The fraction of sp³-hybridized carbons (Fsp3) is 0.417. The second kappa shape index (κ2) is 5.33. The van der Waals surface area contributed by atoms with Crippen LogP contribution in [0, 0.1) is 0 Å². The molecule has 8 heteroatoms. The summed E-state index contributed by atoms with van der Waals surface area (Å²) in [6.07, 6.45) is 0.703. The van der Waals surface area contributed by atoms with E-state index in [1.807, 2.05) is 6.92 Å². The van der Waals surface area contributed by atoms with Crippen LogP contribution >= 0.6 is 11.6 Å². The van der Waals surface area contributed by atoms with Crippen molar-refractivity contribution in [1.29, 1.82) is 0 Å². The number of carbonyl (C=O) groups is 1. The van der Waals surface area contributed by atoms with E-state index in [0.717, 1.165) is 0 Å². The third-order valence-corrected chi connectivity index (χ3v) is 4.53. The Morgan fingerprint density at radius 1 is 1.50 bits per heavy atom. The van der Waals surface area contributed by atoms with Crippen molar-refractivity contribution < 1.29 is 17.9 Å². The molecule has 1 aromatic rings. The molecule has 1 aliphatic heterocycles. The van der Waals surface area contributed by atoms with Crippen molar-refractivity contribution in [3.8, 4) is 0 Å². The molecule has 2 rings (SSSR count). The van der Waals surface area contributed by atoms with Gasteiger partial charge in [-0.15, -0.1) is 0 Å². The van der Waals surface area contributed by atoms with E-state index >= 15 is 0 Å². The van der Waals surface area contributed by atoms with Crippen molar-refractivity contribution in [2.24, 2.45) is 5.14 Å². The van der Waals surface area contributed by atoms with E-state index in [9.17, 15) is 13.2 Å². The first-order valence-electron chi connectivity index (χ1n) is 5.94. The standard InChI is InChI=1S/C12H15ClN2O4S/c1-12(4-5-19-7-12)15-11(16)8-2-3-9(13)10(6-8)20(14,17)18/h2-3,6H,4-5,7H2,1H3,(H,15,16)(H2,14,17,18). The second-order valence-corrected chi connectivity index (χ2v) is 6.94. The highest BCUT2D eigenvalue weighted by molar-refractivity contribution is 7.89. The van der Waals surface area contributed by atoms with E-state index in [2.05, 4.69) is 5.32 Å². The molecule has 0 radical (unpaired) electrons. The third-order valence-electron chi connectivity index (χ3n) is 3.13. The molecule has 0 saturated carbocycles. The Labute approximate surface area is 122 Å². The summed E-state index contributed by atoms with van der Waals surface area (Å²) in [5.41, 5.74) is -0.259. The molecule has 1 amide bonds. The number of primary sulfonamides is 1. The van der Waals surface area contributed by atoms with Gasteiger partial charge >= 0.3 is 0 Å². The van der Waals surface area contributed by atoms with E-state index in [1.165, 1.54) is 18.2 Å². The maximum Gasteiger partial charge on any atom is 0.251 e. The van der Waals surface area contributed by atoms with Crippen LogP contribution in [0.1, 0.15) is 23.7 Å². The monoisotopic (exact) mass is 318 g/mol. The zero-order chi connectivity index (χ0) is 15.0. The lowest BCUT2D eigenvalue weighted by molar-refractivity contribution is 0.0889. The molecular formula is C12H15ClN2O4S. The van der Waals surface area contributed by atoms with E-state index in [4.69, 9.17) is 21.5 Å². The van der Waals surface area contributed by atoms with Crippen LogP contribution in [0.5, 0.6) is 0 Å². The van der Waals surface area contributed by atoms with Gasteiger partial charge in [0.2, 0.25) is 10.0 Å². The number of amides is 1. The molecule has 0 spiro atoms. The molecular weight excluding hydrogens is 304 g/mol. The number of nitrogens with two attached hydrogens (primary N) is 1. The van der Waals surface area contributed by atoms with Crippen LogP contribution in [-0.2, 0) is 14.8 Å². The van der Waals surface area contributed by atoms with Crippen LogP contribution in [0.15, 0.2) is 23.1 Å². The molecule has 1 unspecified atom stereocenters. The van der Waals surface area contributed by atoms with Crippen LogP contribution in [0.3, 0.4) is 0 Å². The highest BCUT2D eigenvalue weighted by atomic mass is 35.5. The van der Waals surface area contributed by atoms with Crippen molar-refractivity contribution in [2.75, 3.05) is 13.2 Å². The first-order chi connectivity index (χ1) is 9.21.